The second kappa shape index (κ2) is 7.19. The molecular formula is C22H21F3N6O2. The zero-order valence-corrected chi connectivity index (χ0v) is 18.4. The number of pyridine rings is 1. The van der Waals surface area contributed by atoms with Gasteiger partial charge in [0.05, 0.1) is 28.6 Å². The van der Waals surface area contributed by atoms with Gasteiger partial charge < -0.3 is 4.42 Å². The molecule has 2 atom stereocenters. The van der Waals surface area contributed by atoms with Crippen molar-refractivity contribution in [3.05, 3.63) is 47.5 Å². The van der Waals surface area contributed by atoms with Crippen LogP contribution in [0.3, 0.4) is 0 Å². The van der Waals surface area contributed by atoms with Crippen LogP contribution in [0.15, 0.2) is 34.9 Å². The molecule has 5 rings (SSSR count). The number of carbonyl (C=O) groups excluding carboxylic acids is 1. The minimum atomic E-state index is -4.48. The number of carbonyl (C=O) groups is 1. The number of nitrogens with zero attached hydrogens (tertiary/aromatic N) is 6. The van der Waals surface area contributed by atoms with Gasteiger partial charge in [-0.2, -0.15) is 23.4 Å². The molecule has 4 aromatic rings. The third kappa shape index (κ3) is 3.30. The lowest BCUT2D eigenvalue weighted by Crippen LogP contribution is -2.48. The first-order valence-electron chi connectivity index (χ1n) is 10.4. The molecule has 11 heteroatoms. The first-order chi connectivity index (χ1) is 15.6. The Labute approximate surface area is 186 Å². The Morgan fingerprint density at radius 2 is 1.97 bits per heavy atom. The van der Waals surface area contributed by atoms with Gasteiger partial charge in [-0.05, 0) is 45.4 Å². The summed E-state index contributed by atoms with van der Waals surface area (Å²) in [5.41, 5.74) is 2.20. The minimum Gasteiger partial charge on any atom is -0.463 e. The van der Waals surface area contributed by atoms with Crippen molar-refractivity contribution in [1.82, 2.24) is 24.5 Å². The van der Waals surface area contributed by atoms with E-state index < -0.39 is 24.2 Å². The van der Waals surface area contributed by atoms with Crippen LogP contribution in [0.25, 0.3) is 22.5 Å². The summed E-state index contributed by atoms with van der Waals surface area (Å²) in [5, 5.41) is 9.01. The highest BCUT2D eigenvalue weighted by Crippen LogP contribution is 2.43. The molecule has 8 nitrogen and oxygen atoms in total. The quantitative estimate of drug-likeness (QED) is 0.439. The van der Waals surface area contributed by atoms with Gasteiger partial charge in [-0.25, -0.2) is 9.67 Å². The Morgan fingerprint density at radius 3 is 2.64 bits per heavy atom. The topological polar surface area (TPSA) is 82.0 Å². The number of fused-ring (bicyclic) bond motifs is 2. The third-order valence-electron chi connectivity index (χ3n) is 5.95. The predicted molar refractivity (Wildman–Crippen MR) is 114 cm³/mol. The maximum absolute atomic E-state index is 13.9. The molecule has 0 fully saturated rings. The Morgan fingerprint density at radius 1 is 1.21 bits per heavy atom. The van der Waals surface area contributed by atoms with Gasteiger partial charge in [-0.1, -0.05) is 0 Å². The molecule has 0 N–H and O–H groups in total. The molecule has 0 bridgehead atoms. The van der Waals surface area contributed by atoms with Crippen molar-refractivity contribution in [3.8, 4) is 11.5 Å². The molecular weight excluding hydrogens is 437 g/mol. The molecule has 0 unspecified atom stereocenters. The summed E-state index contributed by atoms with van der Waals surface area (Å²) in [6.07, 6.45) is -3.27. The number of furan rings is 1. The lowest BCUT2D eigenvalue weighted by Gasteiger charge is -2.38. The largest absolute Gasteiger partial charge is 0.463 e. The van der Waals surface area contributed by atoms with Crippen LogP contribution in [0.4, 0.5) is 19.0 Å². The lowest BCUT2D eigenvalue weighted by molar-refractivity contribution is -0.174. The Bertz CT molecular complexity index is 1370. The number of hydrogen-bond donors (Lipinski definition) is 0. The van der Waals surface area contributed by atoms with Crippen molar-refractivity contribution in [3.63, 3.8) is 0 Å². The van der Waals surface area contributed by atoms with Gasteiger partial charge >= 0.3 is 6.18 Å². The smallest absolute Gasteiger partial charge is 0.410 e. The molecule has 172 valence electrons. The molecule has 0 aliphatic carbocycles. The maximum atomic E-state index is 13.9. The van der Waals surface area contributed by atoms with E-state index in [0.29, 0.717) is 39.4 Å². The number of alkyl halides is 3. The standard InChI is InChI=1S/C22H21F3N6O2/c1-11-8-18-30(12(2)9-17(22(23,24)25)31(18)27-11)21(32)14-10-15(16-6-5-7-33-16)26-20-19(14)13(3)28-29(20)4/h5-8,10,12,17H,9H2,1-4H3/t12-,17+/m1/s1. The van der Waals surface area contributed by atoms with Crippen LogP contribution < -0.4 is 4.90 Å². The van der Waals surface area contributed by atoms with Crippen molar-refractivity contribution < 1.29 is 22.4 Å². The van der Waals surface area contributed by atoms with Gasteiger partial charge in [0, 0.05) is 19.2 Å². The normalized spacial score (nSPS) is 18.7. The highest BCUT2D eigenvalue weighted by molar-refractivity contribution is 6.14. The fourth-order valence-corrected chi connectivity index (χ4v) is 4.54. The first kappa shape index (κ1) is 21.2. The van der Waals surface area contributed by atoms with Crippen molar-refractivity contribution in [1.29, 1.82) is 0 Å². The number of aromatic nitrogens is 5. The van der Waals surface area contributed by atoms with E-state index in [-0.39, 0.29) is 12.2 Å². The fourth-order valence-electron chi connectivity index (χ4n) is 4.54. The second-order valence-electron chi connectivity index (χ2n) is 8.35. The van der Waals surface area contributed by atoms with E-state index >= 15 is 0 Å². The molecule has 0 spiro atoms. The summed E-state index contributed by atoms with van der Waals surface area (Å²) in [6.45, 7) is 4.99. The van der Waals surface area contributed by atoms with E-state index in [1.165, 1.54) is 17.2 Å². The van der Waals surface area contributed by atoms with Crippen LogP contribution in [0.5, 0.6) is 0 Å². The van der Waals surface area contributed by atoms with Crippen LogP contribution in [0.2, 0.25) is 0 Å². The highest BCUT2D eigenvalue weighted by atomic mass is 19.4. The van der Waals surface area contributed by atoms with Crippen molar-refractivity contribution in [2.45, 2.75) is 45.5 Å². The van der Waals surface area contributed by atoms with E-state index in [1.54, 1.807) is 50.7 Å². The highest BCUT2D eigenvalue weighted by Gasteiger charge is 2.48. The molecule has 4 aromatic heterocycles. The second-order valence-corrected chi connectivity index (χ2v) is 8.35. The Balaban J connectivity index is 1.70. The zero-order valence-electron chi connectivity index (χ0n) is 18.4. The van der Waals surface area contributed by atoms with Crippen LogP contribution in [0.1, 0.15) is 41.1 Å². The molecule has 1 amide bonds. The lowest BCUT2D eigenvalue weighted by atomic mass is 10.0. The molecule has 1 aliphatic heterocycles. The number of hydrogen-bond acceptors (Lipinski definition) is 5. The van der Waals surface area contributed by atoms with E-state index in [4.69, 9.17) is 4.42 Å². The van der Waals surface area contributed by atoms with Crippen LogP contribution in [0, 0.1) is 13.8 Å². The number of amides is 1. The summed E-state index contributed by atoms with van der Waals surface area (Å²) in [6, 6.07) is 4.04. The molecule has 33 heavy (non-hydrogen) atoms. The molecule has 1 aliphatic rings. The molecule has 5 heterocycles. The summed E-state index contributed by atoms with van der Waals surface area (Å²) in [5.74, 6) is 0.139. The van der Waals surface area contributed by atoms with Crippen molar-refractivity contribution in [2.75, 3.05) is 4.90 Å². The minimum absolute atomic E-state index is 0.115. The summed E-state index contributed by atoms with van der Waals surface area (Å²) in [4.78, 5) is 19.9. The third-order valence-corrected chi connectivity index (χ3v) is 5.95. The van der Waals surface area contributed by atoms with Crippen LogP contribution in [-0.2, 0) is 7.05 Å². The average Bonchev–Trinajstić information content (AvgIpc) is 3.45. The van der Waals surface area contributed by atoms with Crippen molar-refractivity contribution in [2.24, 2.45) is 7.05 Å². The van der Waals surface area contributed by atoms with Crippen molar-refractivity contribution >= 4 is 22.8 Å². The van der Waals surface area contributed by atoms with Gasteiger partial charge in [0.2, 0.25) is 0 Å². The first-order valence-corrected chi connectivity index (χ1v) is 10.4. The maximum Gasteiger partial charge on any atom is 0.410 e. The van der Waals surface area contributed by atoms with E-state index in [9.17, 15) is 18.0 Å². The number of anilines is 1. The zero-order chi connectivity index (χ0) is 23.7. The summed E-state index contributed by atoms with van der Waals surface area (Å²) in [7, 11) is 1.72. The van der Waals surface area contributed by atoms with Gasteiger partial charge in [0.25, 0.3) is 5.91 Å². The van der Waals surface area contributed by atoms with Gasteiger partial charge in [-0.3, -0.25) is 14.4 Å². The van der Waals surface area contributed by atoms with Gasteiger partial charge in [0.1, 0.15) is 11.5 Å². The summed E-state index contributed by atoms with van der Waals surface area (Å²) >= 11 is 0. The number of rotatable bonds is 2. The van der Waals surface area contributed by atoms with Crippen LogP contribution in [-0.4, -0.2) is 42.7 Å². The molecule has 0 radical (unpaired) electrons. The Hall–Kier alpha value is -3.63. The SMILES string of the molecule is Cc1cc2n(n1)[C@H](C(F)(F)F)C[C@@H](C)N2C(=O)c1cc(-c2ccco2)nc2c1c(C)nn2C. The van der Waals surface area contributed by atoms with E-state index in [0.717, 1.165) is 4.68 Å². The van der Waals surface area contributed by atoms with Crippen LogP contribution >= 0.6 is 0 Å². The Kier molecular flexibility index (Phi) is 4.62. The average molecular weight is 458 g/mol. The number of aryl methyl sites for hydroxylation is 3. The van der Waals surface area contributed by atoms with Gasteiger partial charge in [-0.15, -0.1) is 0 Å². The monoisotopic (exact) mass is 458 g/mol. The molecule has 0 aromatic carbocycles. The fraction of sp³-hybridized carbons (Fsp3) is 0.364. The van der Waals surface area contributed by atoms with E-state index in [2.05, 4.69) is 15.2 Å². The molecule has 0 saturated carbocycles. The molecule has 0 saturated heterocycles. The van der Waals surface area contributed by atoms with E-state index in [1.807, 2.05) is 0 Å². The number of halogens is 3. The van der Waals surface area contributed by atoms with Gasteiger partial charge in [0.15, 0.2) is 17.4 Å². The summed E-state index contributed by atoms with van der Waals surface area (Å²) < 4.78 is 49.2. The predicted octanol–water partition coefficient (Wildman–Crippen LogP) is 4.58.